The van der Waals surface area contributed by atoms with E-state index in [9.17, 15) is 9.59 Å². The van der Waals surface area contributed by atoms with Crippen LogP contribution in [0.4, 0.5) is 5.82 Å². The number of imide groups is 1. The van der Waals surface area contributed by atoms with Gasteiger partial charge in [-0.2, -0.15) is 5.10 Å². The molecule has 2 aliphatic rings. The van der Waals surface area contributed by atoms with Gasteiger partial charge in [0.2, 0.25) is 11.8 Å². The van der Waals surface area contributed by atoms with Gasteiger partial charge in [-0.05, 0) is 12.8 Å². The van der Waals surface area contributed by atoms with E-state index in [4.69, 9.17) is 5.73 Å². The summed E-state index contributed by atoms with van der Waals surface area (Å²) in [5.41, 5.74) is 5.95. The molecular formula is C13H18N4O2. The van der Waals surface area contributed by atoms with E-state index in [2.05, 4.69) is 5.10 Å². The molecule has 2 heterocycles. The molecule has 1 aromatic rings. The Labute approximate surface area is 111 Å². The predicted molar refractivity (Wildman–Crippen MR) is 69.1 cm³/mol. The molecule has 0 radical (unpaired) electrons. The second kappa shape index (κ2) is 4.16. The number of carbonyl (C=O) groups excluding carboxylic acids is 2. The van der Waals surface area contributed by atoms with Crippen LogP contribution in [0.2, 0.25) is 0 Å². The lowest BCUT2D eigenvalue weighted by molar-refractivity contribution is -0.125. The number of rotatable bonds is 2. The van der Waals surface area contributed by atoms with Crippen molar-refractivity contribution in [1.82, 2.24) is 9.78 Å². The zero-order valence-electron chi connectivity index (χ0n) is 11.1. The number of hydrogen-bond acceptors (Lipinski definition) is 4. The molecule has 0 aromatic carbocycles. The number of anilines is 1. The van der Waals surface area contributed by atoms with Gasteiger partial charge in [-0.15, -0.1) is 0 Å². The largest absolute Gasteiger partial charge is 0.326 e. The van der Waals surface area contributed by atoms with Crippen LogP contribution in [0.1, 0.15) is 37.7 Å². The van der Waals surface area contributed by atoms with Crippen LogP contribution in [0, 0.1) is 5.41 Å². The molecule has 1 aliphatic heterocycles. The molecular weight excluding hydrogens is 244 g/mol. The van der Waals surface area contributed by atoms with Crippen LogP contribution in [0.25, 0.3) is 0 Å². The maximum absolute atomic E-state index is 12.7. The summed E-state index contributed by atoms with van der Waals surface area (Å²) in [4.78, 5) is 26.3. The van der Waals surface area contributed by atoms with E-state index in [0.717, 1.165) is 31.2 Å². The minimum Gasteiger partial charge on any atom is -0.326 e. The summed E-state index contributed by atoms with van der Waals surface area (Å²) in [5, 5.41) is 4.11. The lowest BCUT2D eigenvalue weighted by Crippen LogP contribution is -2.36. The van der Waals surface area contributed by atoms with Crippen molar-refractivity contribution in [2.75, 3.05) is 4.90 Å². The van der Waals surface area contributed by atoms with Crippen molar-refractivity contribution in [1.29, 1.82) is 0 Å². The van der Waals surface area contributed by atoms with Crippen LogP contribution < -0.4 is 10.6 Å². The number of aromatic nitrogens is 2. The van der Waals surface area contributed by atoms with Crippen molar-refractivity contribution < 1.29 is 9.59 Å². The van der Waals surface area contributed by atoms with Gasteiger partial charge < -0.3 is 5.73 Å². The fourth-order valence-corrected chi connectivity index (χ4v) is 3.36. The normalized spacial score (nSPS) is 21.9. The lowest BCUT2D eigenvalue weighted by atomic mass is 9.84. The molecule has 1 spiro atoms. The molecule has 19 heavy (non-hydrogen) atoms. The van der Waals surface area contributed by atoms with Crippen molar-refractivity contribution in [2.24, 2.45) is 18.2 Å². The SMILES string of the molecule is Cn1ncc(CN)c1N1C(=O)CC2(CCCC2)C1=O. The average Bonchev–Trinajstić information content (AvgIpc) is 3.03. The highest BCUT2D eigenvalue weighted by Gasteiger charge is 2.54. The third kappa shape index (κ3) is 1.63. The van der Waals surface area contributed by atoms with Gasteiger partial charge >= 0.3 is 0 Å². The first-order valence-corrected chi connectivity index (χ1v) is 6.67. The second-order valence-corrected chi connectivity index (χ2v) is 5.52. The summed E-state index contributed by atoms with van der Waals surface area (Å²) < 4.78 is 1.56. The molecule has 1 saturated carbocycles. The molecule has 1 aromatic heterocycles. The van der Waals surface area contributed by atoms with Gasteiger partial charge in [0.15, 0.2) is 0 Å². The summed E-state index contributed by atoms with van der Waals surface area (Å²) in [7, 11) is 1.73. The number of nitrogens with two attached hydrogens (primary N) is 1. The first-order valence-electron chi connectivity index (χ1n) is 6.67. The number of hydrogen-bond donors (Lipinski definition) is 1. The molecule has 0 atom stereocenters. The molecule has 3 rings (SSSR count). The Morgan fingerprint density at radius 2 is 2.05 bits per heavy atom. The topological polar surface area (TPSA) is 81.2 Å². The Kier molecular flexibility index (Phi) is 2.70. The van der Waals surface area contributed by atoms with Crippen LogP contribution in [-0.2, 0) is 23.2 Å². The van der Waals surface area contributed by atoms with Crippen molar-refractivity contribution in [3.8, 4) is 0 Å². The zero-order valence-corrected chi connectivity index (χ0v) is 11.1. The monoisotopic (exact) mass is 262 g/mol. The zero-order chi connectivity index (χ0) is 13.6. The Hall–Kier alpha value is -1.69. The van der Waals surface area contributed by atoms with Gasteiger partial charge in [0.1, 0.15) is 5.82 Å². The molecule has 2 amide bonds. The van der Waals surface area contributed by atoms with Crippen molar-refractivity contribution in [3.63, 3.8) is 0 Å². The first kappa shape index (κ1) is 12.3. The van der Waals surface area contributed by atoms with Crippen molar-refractivity contribution in [2.45, 2.75) is 38.6 Å². The van der Waals surface area contributed by atoms with Crippen molar-refractivity contribution >= 4 is 17.6 Å². The third-order valence-electron chi connectivity index (χ3n) is 4.37. The van der Waals surface area contributed by atoms with E-state index in [1.165, 1.54) is 4.90 Å². The highest BCUT2D eigenvalue weighted by Crippen LogP contribution is 2.48. The van der Waals surface area contributed by atoms with E-state index in [1.807, 2.05) is 0 Å². The third-order valence-corrected chi connectivity index (χ3v) is 4.37. The van der Waals surface area contributed by atoms with Crippen LogP contribution >= 0.6 is 0 Å². The quantitative estimate of drug-likeness (QED) is 0.796. The number of amides is 2. The standard InChI is InChI=1S/C13H18N4O2/c1-16-11(9(7-14)8-15-16)17-10(18)6-13(12(17)19)4-2-3-5-13/h8H,2-7,14H2,1H3. The van der Waals surface area contributed by atoms with Crippen LogP contribution in [0.5, 0.6) is 0 Å². The van der Waals surface area contributed by atoms with E-state index in [1.54, 1.807) is 17.9 Å². The fraction of sp³-hybridized carbons (Fsp3) is 0.615. The molecule has 0 bridgehead atoms. The minimum absolute atomic E-state index is 0.0618. The van der Waals surface area contributed by atoms with Crippen molar-refractivity contribution in [3.05, 3.63) is 11.8 Å². The predicted octanol–water partition coefficient (Wildman–Crippen LogP) is 0.702. The molecule has 1 saturated heterocycles. The Morgan fingerprint density at radius 3 is 2.68 bits per heavy atom. The summed E-state index contributed by atoms with van der Waals surface area (Å²) in [6, 6.07) is 0. The van der Waals surface area contributed by atoms with Gasteiger partial charge in [-0.1, -0.05) is 12.8 Å². The van der Waals surface area contributed by atoms with Gasteiger partial charge in [-0.3, -0.25) is 14.3 Å². The summed E-state index contributed by atoms with van der Waals surface area (Å²) in [6.45, 7) is 0.271. The van der Waals surface area contributed by atoms with Gasteiger partial charge in [0.05, 0.1) is 11.6 Å². The summed E-state index contributed by atoms with van der Waals surface area (Å²) >= 11 is 0. The molecule has 1 aliphatic carbocycles. The molecule has 6 heteroatoms. The van der Waals surface area contributed by atoms with Crippen LogP contribution in [0.15, 0.2) is 6.20 Å². The smallest absolute Gasteiger partial charge is 0.241 e. The molecule has 0 unspecified atom stereocenters. The van der Waals surface area contributed by atoms with Crippen LogP contribution in [0.3, 0.4) is 0 Å². The number of aryl methyl sites for hydroxylation is 1. The fourth-order valence-electron chi connectivity index (χ4n) is 3.36. The molecule has 6 nitrogen and oxygen atoms in total. The maximum Gasteiger partial charge on any atom is 0.241 e. The molecule has 2 N–H and O–H groups in total. The van der Waals surface area contributed by atoms with Gasteiger partial charge in [0.25, 0.3) is 0 Å². The second-order valence-electron chi connectivity index (χ2n) is 5.52. The highest BCUT2D eigenvalue weighted by molar-refractivity contribution is 6.22. The number of nitrogens with zero attached hydrogens (tertiary/aromatic N) is 3. The Bertz CT molecular complexity index is 543. The van der Waals surface area contributed by atoms with E-state index >= 15 is 0 Å². The molecule has 102 valence electrons. The van der Waals surface area contributed by atoms with E-state index < -0.39 is 5.41 Å². The summed E-state index contributed by atoms with van der Waals surface area (Å²) in [5.74, 6) is 0.361. The summed E-state index contributed by atoms with van der Waals surface area (Å²) in [6.07, 6.45) is 5.66. The van der Waals surface area contributed by atoms with E-state index in [0.29, 0.717) is 12.2 Å². The van der Waals surface area contributed by atoms with Gasteiger partial charge in [-0.25, -0.2) is 4.90 Å². The average molecular weight is 262 g/mol. The van der Waals surface area contributed by atoms with Gasteiger partial charge in [0, 0.05) is 25.6 Å². The Morgan fingerprint density at radius 1 is 1.37 bits per heavy atom. The Balaban J connectivity index is 2.03. The molecule has 2 fully saturated rings. The van der Waals surface area contributed by atoms with E-state index in [-0.39, 0.29) is 18.4 Å². The highest BCUT2D eigenvalue weighted by atomic mass is 16.2. The first-order chi connectivity index (χ1) is 9.09. The lowest BCUT2D eigenvalue weighted by Gasteiger charge is -2.21. The van der Waals surface area contributed by atoms with Crippen LogP contribution in [-0.4, -0.2) is 21.6 Å². The minimum atomic E-state index is -0.451. The maximum atomic E-state index is 12.7. The number of carbonyl (C=O) groups is 2.